The fourth-order valence-corrected chi connectivity index (χ4v) is 3.93. The Hall–Kier alpha value is -1.08. The molecular weight excluding hydrogens is 332 g/mol. The first kappa shape index (κ1) is 16.8. The maximum Gasteiger partial charge on any atom is 0.195 e. The third kappa shape index (κ3) is 4.26. The van der Waals surface area contributed by atoms with E-state index in [-0.39, 0.29) is 0 Å². The summed E-state index contributed by atoms with van der Waals surface area (Å²) >= 11 is 7.89. The van der Waals surface area contributed by atoms with Gasteiger partial charge < -0.3 is 10.1 Å². The molecule has 0 unspecified atom stereocenters. The summed E-state index contributed by atoms with van der Waals surface area (Å²) in [4.78, 5) is 0. The quantitative estimate of drug-likeness (QED) is 0.776. The lowest BCUT2D eigenvalue weighted by Crippen LogP contribution is -2.12. The molecule has 124 valence electrons. The van der Waals surface area contributed by atoms with Crippen molar-refractivity contribution in [3.05, 3.63) is 35.1 Å². The number of hydrogen-bond donors (Lipinski definition) is 1. The van der Waals surface area contributed by atoms with Crippen LogP contribution in [0.5, 0.6) is 0 Å². The van der Waals surface area contributed by atoms with Gasteiger partial charge in [-0.05, 0) is 44.0 Å². The van der Waals surface area contributed by atoms with Crippen LogP contribution in [0.4, 0.5) is 0 Å². The topological polar surface area (TPSA) is 52.0 Å². The lowest BCUT2D eigenvalue weighted by molar-refractivity contribution is 0.185. The number of aromatic nitrogens is 3. The van der Waals surface area contributed by atoms with Crippen molar-refractivity contribution in [3.8, 4) is 5.69 Å². The van der Waals surface area contributed by atoms with Crippen molar-refractivity contribution in [3.63, 3.8) is 0 Å². The van der Waals surface area contributed by atoms with Crippen LogP contribution in [0.2, 0.25) is 5.02 Å². The normalized spacial score (nSPS) is 17.7. The molecule has 0 spiro atoms. The molecule has 23 heavy (non-hydrogen) atoms. The number of rotatable bonds is 7. The largest absolute Gasteiger partial charge is 0.381 e. The monoisotopic (exact) mass is 352 g/mol. The van der Waals surface area contributed by atoms with E-state index in [1.165, 1.54) is 6.42 Å². The molecule has 1 fully saturated rings. The summed E-state index contributed by atoms with van der Waals surface area (Å²) in [6, 6.07) is 7.80. The molecule has 0 saturated carbocycles. The molecule has 0 bridgehead atoms. The number of halogens is 1. The lowest BCUT2D eigenvalue weighted by Gasteiger charge is -2.11. The van der Waals surface area contributed by atoms with E-state index in [2.05, 4.69) is 20.1 Å². The van der Waals surface area contributed by atoms with Gasteiger partial charge in [-0.15, -0.1) is 10.2 Å². The summed E-state index contributed by atoms with van der Waals surface area (Å²) in [5.74, 6) is 2.59. The molecule has 1 saturated heterocycles. The van der Waals surface area contributed by atoms with Crippen molar-refractivity contribution in [2.75, 3.05) is 26.0 Å². The minimum Gasteiger partial charge on any atom is -0.381 e. The number of hydrogen-bond acceptors (Lipinski definition) is 5. The molecule has 1 aromatic heterocycles. The summed E-state index contributed by atoms with van der Waals surface area (Å²) in [7, 11) is 1.91. The highest BCUT2D eigenvalue weighted by atomic mass is 35.5. The van der Waals surface area contributed by atoms with Gasteiger partial charge in [0.2, 0.25) is 0 Å². The van der Waals surface area contributed by atoms with Crippen LogP contribution in [0.15, 0.2) is 29.4 Å². The highest BCUT2D eigenvalue weighted by Gasteiger charge is 2.18. The molecule has 1 aliphatic heterocycles. The van der Waals surface area contributed by atoms with Crippen LogP contribution in [-0.4, -0.2) is 40.8 Å². The van der Waals surface area contributed by atoms with E-state index in [0.717, 1.165) is 42.1 Å². The standard InChI is InChI=1S/C16H21ClN4OS/c1-18-10-15-19-20-16(23-8-6-12-5-7-22-11-12)21(15)14-4-2-3-13(17)9-14/h2-4,9,12,18H,5-8,10-11H2,1H3/t12-/m1/s1. The Morgan fingerprint density at radius 3 is 3.09 bits per heavy atom. The zero-order valence-electron chi connectivity index (χ0n) is 13.2. The van der Waals surface area contributed by atoms with E-state index in [1.807, 2.05) is 31.3 Å². The fraction of sp³-hybridized carbons (Fsp3) is 0.500. The van der Waals surface area contributed by atoms with Crippen LogP contribution >= 0.6 is 23.4 Å². The van der Waals surface area contributed by atoms with Gasteiger partial charge in [0.05, 0.1) is 12.2 Å². The molecule has 0 amide bonds. The zero-order valence-corrected chi connectivity index (χ0v) is 14.7. The van der Waals surface area contributed by atoms with Crippen molar-refractivity contribution in [2.24, 2.45) is 5.92 Å². The second-order valence-electron chi connectivity index (χ2n) is 5.61. The maximum atomic E-state index is 6.14. The summed E-state index contributed by atoms with van der Waals surface area (Å²) < 4.78 is 7.52. The van der Waals surface area contributed by atoms with Crippen LogP contribution in [0.25, 0.3) is 5.69 Å². The Kier molecular flexibility index (Phi) is 5.94. The first-order chi connectivity index (χ1) is 11.3. The maximum absolute atomic E-state index is 6.14. The van der Waals surface area contributed by atoms with Crippen LogP contribution in [0, 0.1) is 5.92 Å². The first-order valence-electron chi connectivity index (χ1n) is 7.83. The number of thioether (sulfide) groups is 1. The molecule has 7 heteroatoms. The predicted molar refractivity (Wildman–Crippen MR) is 93.4 cm³/mol. The summed E-state index contributed by atoms with van der Waals surface area (Å²) in [5.41, 5.74) is 0.999. The minimum absolute atomic E-state index is 0.663. The number of benzene rings is 1. The van der Waals surface area contributed by atoms with Crippen molar-refractivity contribution in [1.82, 2.24) is 20.1 Å². The molecule has 0 aliphatic carbocycles. The molecule has 3 rings (SSSR count). The van der Waals surface area contributed by atoms with Crippen molar-refractivity contribution in [2.45, 2.75) is 24.5 Å². The van der Waals surface area contributed by atoms with E-state index < -0.39 is 0 Å². The van der Waals surface area contributed by atoms with Gasteiger partial charge in [0, 0.05) is 24.0 Å². The molecular formula is C16H21ClN4OS. The number of nitrogens with zero attached hydrogens (tertiary/aromatic N) is 3. The summed E-state index contributed by atoms with van der Waals surface area (Å²) in [6.07, 6.45) is 2.32. The van der Waals surface area contributed by atoms with E-state index >= 15 is 0 Å². The Morgan fingerprint density at radius 2 is 2.35 bits per heavy atom. The average Bonchev–Trinajstić information content (AvgIpc) is 3.18. The SMILES string of the molecule is CNCc1nnc(SCC[C@H]2CCOC2)n1-c1cccc(Cl)c1. The molecule has 2 aromatic rings. The Morgan fingerprint density at radius 1 is 1.43 bits per heavy atom. The molecule has 1 N–H and O–H groups in total. The third-order valence-electron chi connectivity index (χ3n) is 3.88. The average molecular weight is 353 g/mol. The smallest absolute Gasteiger partial charge is 0.195 e. The number of ether oxygens (including phenoxy) is 1. The fourth-order valence-electron chi connectivity index (χ4n) is 2.67. The van der Waals surface area contributed by atoms with Crippen LogP contribution in [0.3, 0.4) is 0 Å². The van der Waals surface area contributed by atoms with E-state index in [9.17, 15) is 0 Å². The van der Waals surface area contributed by atoms with Crippen LogP contribution in [0.1, 0.15) is 18.7 Å². The van der Waals surface area contributed by atoms with E-state index in [0.29, 0.717) is 17.5 Å². The predicted octanol–water partition coefficient (Wildman–Crippen LogP) is 3.16. The first-order valence-corrected chi connectivity index (χ1v) is 9.19. The summed E-state index contributed by atoms with van der Waals surface area (Å²) in [6.45, 7) is 2.46. The Labute approximate surface area is 145 Å². The Balaban J connectivity index is 1.76. The molecule has 5 nitrogen and oxygen atoms in total. The molecule has 1 atom stereocenters. The van der Waals surface area contributed by atoms with Crippen LogP contribution in [-0.2, 0) is 11.3 Å². The van der Waals surface area contributed by atoms with Gasteiger partial charge in [-0.2, -0.15) is 0 Å². The van der Waals surface area contributed by atoms with Gasteiger partial charge in [0.25, 0.3) is 0 Å². The van der Waals surface area contributed by atoms with Gasteiger partial charge in [0.15, 0.2) is 11.0 Å². The van der Waals surface area contributed by atoms with E-state index in [1.54, 1.807) is 11.8 Å². The molecule has 0 radical (unpaired) electrons. The lowest BCUT2D eigenvalue weighted by atomic mass is 10.1. The van der Waals surface area contributed by atoms with Crippen molar-refractivity contribution < 1.29 is 4.74 Å². The van der Waals surface area contributed by atoms with Crippen LogP contribution < -0.4 is 5.32 Å². The third-order valence-corrected chi connectivity index (χ3v) is 5.08. The second-order valence-corrected chi connectivity index (χ2v) is 7.11. The van der Waals surface area contributed by atoms with Gasteiger partial charge in [0.1, 0.15) is 0 Å². The van der Waals surface area contributed by atoms with Crippen molar-refractivity contribution >= 4 is 23.4 Å². The van der Waals surface area contributed by atoms with Gasteiger partial charge in [-0.25, -0.2) is 0 Å². The zero-order chi connectivity index (χ0) is 16.1. The van der Waals surface area contributed by atoms with Crippen molar-refractivity contribution in [1.29, 1.82) is 0 Å². The van der Waals surface area contributed by atoms with Gasteiger partial charge in [-0.3, -0.25) is 4.57 Å². The molecule has 2 heterocycles. The Bertz CT molecular complexity index is 643. The summed E-state index contributed by atoms with van der Waals surface area (Å²) in [5, 5.41) is 13.5. The van der Waals surface area contributed by atoms with Gasteiger partial charge in [-0.1, -0.05) is 29.4 Å². The van der Waals surface area contributed by atoms with E-state index in [4.69, 9.17) is 16.3 Å². The van der Waals surface area contributed by atoms with Gasteiger partial charge >= 0.3 is 0 Å². The number of nitrogens with one attached hydrogen (secondary N) is 1. The molecule has 1 aliphatic rings. The minimum atomic E-state index is 0.663. The molecule has 1 aromatic carbocycles. The highest BCUT2D eigenvalue weighted by molar-refractivity contribution is 7.99. The second kappa shape index (κ2) is 8.15. The highest BCUT2D eigenvalue weighted by Crippen LogP contribution is 2.26.